The van der Waals surface area contributed by atoms with Crippen molar-refractivity contribution >= 4 is 23.5 Å². The molecule has 0 bridgehead atoms. The lowest BCUT2D eigenvalue weighted by Gasteiger charge is -2.20. The average Bonchev–Trinajstić information content (AvgIpc) is 2.42. The summed E-state index contributed by atoms with van der Waals surface area (Å²) in [7, 11) is 0. The summed E-state index contributed by atoms with van der Waals surface area (Å²) in [6.07, 6.45) is 0.712. The van der Waals surface area contributed by atoms with Crippen molar-refractivity contribution in [1.82, 2.24) is 5.32 Å². The van der Waals surface area contributed by atoms with Gasteiger partial charge in [-0.1, -0.05) is 30.7 Å². The summed E-state index contributed by atoms with van der Waals surface area (Å²) >= 11 is 5.82. The molecule has 0 radical (unpaired) electrons. The van der Waals surface area contributed by atoms with Crippen LogP contribution in [0, 0.1) is 0 Å². The van der Waals surface area contributed by atoms with E-state index in [2.05, 4.69) is 5.32 Å². The summed E-state index contributed by atoms with van der Waals surface area (Å²) in [6, 6.07) is 6.24. The largest absolute Gasteiger partial charge is 0.481 e. The Bertz CT molecular complexity index is 462. The van der Waals surface area contributed by atoms with Crippen LogP contribution in [0.25, 0.3) is 0 Å². The number of benzene rings is 1. The van der Waals surface area contributed by atoms with Crippen molar-refractivity contribution in [1.29, 1.82) is 0 Å². The third-order valence-corrected chi connectivity index (χ3v) is 3.26. The molecule has 0 saturated heterocycles. The number of carboxylic acids is 1. The Labute approximate surface area is 123 Å². The number of nitrogens with two attached hydrogens (primary N) is 1. The van der Waals surface area contributed by atoms with Crippen molar-refractivity contribution in [3.63, 3.8) is 0 Å². The zero-order valence-electron chi connectivity index (χ0n) is 11.3. The highest BCUT2D eigenvalue weighted by molar-refractivity contribution is 6.30. The second-order valence-corrected chi connectivity index (χ2v) is 5.00. The first kappa shape index (κ1) is 16.5. The monoisotopic (exact) mass is 298 g/mol. The van der Waals surface area contributed by atoms with Crippen LogP contribution >= 0.6 is 11.6 Å². The van der Waals surface area contributed by atoms with E-state index in [0.717, 1.165) is 5.56 Å². The van der Waals surface area contributed by atoms with Crippen molar-refractivity contribution in [3.8, 4) is 0 Å². The molecule has 0 aromatic heterocycles. The highest BCUT2D eigenvalue weighted by atomic mass is 35.5. The van der Waals surface area contributed by atoms with Crippen LogP contribution in [-0.4, -0.2) is 23.0 Å². The highest BCUT2D eigenvalue weighted by Gasteiger charge is 2.19. The van der Waals surface area contributed by atoms with Crippen molar-refractivity contribution in [2.45, 2.75) is 38.3 Å². The van der Waals surface area contributed by atoms with Gasteiger partial charge in [-0.25, -0.2) is 0 Å². The van der Waals surface area contributed by atoms with Gasteiger partial charge in [0.15, 0.2) is 0 Å². The Morgan fingerprint density at radius 3 is 2.45 bits per heavy atom. The summed E-state index contributed by atoms with van der Waals surface area (Å²) < 4.78 is 0. The summed E-state index contributed by atoms with van der Waals surface area (Å²) in [6.45, 7) is 1.95. The van der Waals surface area contributed by atoms with Gasteiger partial charge >= 0.3 is 5.97 Å². The number of hydrogen-bond acceptors (Lipinski definition) is 3. The average molecular weight is 299 g/mol. The van der Waals surface area contributed by atoms with Gasteiger partial charge in [0.25, 0.3) is 0 Å². The molecular weight excluding hydrogens is 280 g/mol. The summed E-state index contributed by atoms with van der Waals surface area (Å²) in [4.78, 5) is 22.4. The van der Waals surface area contributed by atoms with E-state index in [0.29, 0.717) is 11.4 Å². The number of aliphatic carboxylic acids is 1. The van der Waals surface area contributed by atoms with E-state index in [1.807, 2.05) is 19.1 Å². The smallest absolute Gasteiger partial charge is 0.303 e. The van der Waals surface area contributed by atoms with Crippen LogP contribution in [-0.2, 0) is 9.59 Å². The molecule has 0 saturated carbocycles. The molecular formula is C14H19ClN2O3. The van der Waals surface area contributed by atoms with Gasteiger partial charge in [-0.15, -0.1) is 0 Å². The van der Waals surface area contributed by atoms with Gasteiger partial charge in [-0.05, 0) is 30.5 Å². The molecule has 110 valence electrons. The van der Waals surface area contributed by atoms with Crippen molar-refractivity contribution in [2.75, 3.05) is 0 Å². The predicted molar refractivity (Wildman–Crippen MR) is 77.5 cm³/mol. The maximum absolute atomic E-state index is 11.9. The molecule has 0 spiro atoms. The highest BCUT2D eigenvalue weighted by Crippen LogP contribution is 2.19. The van der Waals surface area contributed by atoms with E-state index in [4.69, 9.17) is 22.4 Å². The molecule has 6 heteroatoms. The molecule has 1 rings (SSSR count). The maximum atomic E-state index is 11.9. The van der Waals surface area contributed by atoms with Gasteiger partial charge in [-0.2, -0.15) is 0 Å². The quantitative estimate of drug-likeness (QED) is 0.719. The lowest BCUT2D eigenvalue weighted by molar-refractivity contribution is -0.137. The van der Waals surface area contributed by atoms with Gasteiger partial charge in [0.05, 0.1) is 12.1 Å². The number of hydrogen-bond donors (Lipinski definition) is 3. The maximum Gasteiger partial charge on any atom is 0.303 e. The first-order chi connectivity index (χ1) is 9.43. The normalized spacial score (nSPS) is 13.6. The first-order valence-electron chi connectivity index (χ1n) is 6.47. The van der Waals surface area contributed by atoms with Gasteiger partial charge in [0, 0.05) is 11.4 Å². The summed E-state index contributed by atoms with van der Waals surface area (Å²) in [5.74, 6) is -1.30. The molecule has 0 fully saturated rings. The molecule has 2 atom stereocenters. The fourth-order valence-electron chi connectivity index (χ4n) is 1.81. The number of halogens is 1. The molecule has 0 heterocycles. The van der Waals surface area contributed by atoms with Gasteiger partial charge in [0.1, 0.15) is 0 Å². The molecule has 5 nitrogen and oxygen atoms in total. The topological polar surface area (TPSA) is 92.4 Å². The molecule has 0 aliphatic carbocycles. The van der Waals surface area contributed by atoms with Crippen LogP contribution in [0.2, 0.25) is 5.02 Å². The number of carbonyl (C=O) groups is 2. The van der Waals surface area contributed by atoms with Crippen LogP contribution in [0.3, 0.4) is 0 Å². The number of nitrogens with one attached hydrogen (secondary N) is 1. The lowest BCUT2D eigenvalue weighted by atomic mass is 10.0. The second-order valence-electron chi connectivity index (χ2n) is 4.56. The number of rotatable bonds is 7. The fraction of sp³-hybridized carbons (Fsp3) is 0.429. The van der Waals surface area contributed by atoms with Gasteiger partial charge < -0.3 is 16.2 Å². The van der Waals surface area contributed by atoms with Crippen molar-refractivity contribution < 1.29 is 14.7 Å². The number of carboxylic acid groups (broad SMARTS) is 1. The Balaban J connectivity index is 2.61. The number of amides is 1. The molecule has 1 amide bonds. The third-order valence-electron chi connectivity index (χ3n) is 3.00. The minimum Gasteiger partial charge on any atom is -0.481 e. The zero-order valence-corrected chi connectivity index (χ0v) is 12.1. The van der Waals surface area contributed by atoms with E-state index in [-0.39, 0.29) is 24.8 Å². The van der Waals surface area contributed by atoms with E-state index in [9.17, 15) is 9.59 Å². The third kappa shape index (κ3) is 5.19. The van der Waals surface area contributed by atoms with E-state index in [1.165, 1.54) is 0 Å². The minimum atomic E-state index is -0.960. The Hall–Kier alpha value is -1.59. The van der Waals surface area contributed by atoms with Crippen LogP contribution in [0.5, 0.6) is 0 Å². The Morgan fingerprint density at radius 2 is 1.95 bits per heavy atom. The molecule has 4 N–H and O–H groups in total. The molecule has 1 aromatic rings. The molecule has 0 aliphatic rings. The Kier molecular flexibility index (Phi) is 6.48. The van der Waals surface area contributed by atoms with Gasteiger partial charge in [-0.3, -0.25) is 9.59 Å². The fourth-order valence-corrected chi connectivity index (χ4v) is 1.93. The first-order valence-corrected chi connectivity index (χ1v) is 6.85. The number of carbonyl (C=O) groups excluding carboxylic acids is 1. The lowest BCUT2D eigenvalue weighted by Crippen LogP contribution is -2.42. The van der Waals surface area contributed by atoms with E-state index < -0.39 is 12.0 Å². The molecule has 20 heavy (non-hydrogen) atoms. The SMILES string of the molecule is CCC(NC(=O)C(N)CCC(=O)O)c1ccc(Cl)cc1. The van der Waals surface area contributed by atoms with Crippen LogP contribution in [0.4, 0.5) is 0 Å². The predicted octanol–water partition coefficient (Wildman–Crippen LogP) is 2.10. The van der Waals surface area contributed by atoms with Crippen LogP contribution < -0.4 is 11.1 Å². The van der Waals surface area contributed by atoms with E-state index >= 15 is 0 Å². The van der Waals surface area contributed by atoms with E-state index in [1.54, 1.807) is 12.1 Å². The molecule has 0 aliphatic heterocycles. The molecule has 2 unspecified atom stereocenters. The minimum absolute atomic E-state index is 0.119. The summed E-state index contributed by atoms with van der Waals surface area (Å²) in [5, 5.41) is 12.0. The standard InChI is InChI=1S/C14H19ClN2O3/c1-2-12(9-3-5-10(15)6-4-9)17-14(20)11(16)7-8-13(18)19/h3-6,11-12H,2,7-8,16H2,1H3,(H,17,20)(H,18,19). The van der Waals surface area contributed by atoms with Crippen molar-refractivity contribution in [3.05, 3.63) is 34.9 Å². The molecule has 1 aromatic carbocycles. The van der Waals surface area contributed by atoms with Crippen molar-refractivity contribution in [2.24, 2.45) is 5.73 Å². The Morgan fingerprint density at radius 1 is 1.35 bits per heavy atom. The summed E-state index contributed by atoms with van der Waals surface area (Å²) in [5.41, 5.74) is 6.61. The van der Waals surface area contributed by atoms with Gasteiger partial charge in [0.2, 0.25) is 5.91 Å². The van der Waals surface area contributed by atoms with Crippen LogP contribution in [0.15, 0.2) is 24.3 Å². The zero-order chi connectivity index (χ0) is 15.1. The van der Waals surface area contributed by atoms with Crippen LogP contribution in [0.1, 0.15) is 37.8 Å². The second kappa shape index (κ2) is 7.87.